The number of methoxy groups -OCH3 is 1. The fourth-order valence-electron chi connectivity index (χ4n) is 2.45. The van der Waals surface area contributed by atoms with Gasteiger partial charge in [-0.1, -0.05) is 17.7 Å². The number of halogens is 1. The standard InChI is InChI=1S/C14H18FNO/c1-16-14(10-6-3-4-7-10)13-11(15)8-5-9-12(13)17-2/h5-6,8-9,14,16H,3-4,7H2,1-2H3. The van der Waals surface area contributed by atoms with Crippen molar-refractivity contribution in [1.82, 2.24) is 5.32 Å². The van der Waals surface area contributed by atoms with Gasteiger partial charge in [0.2, 0.25) is 0 Å². The van der Waals surface area contributed by atoms with Gasteiger partial charge in [-0.25, -0.2) is 4.39 Å². The molecular weight excluding hydrogens is 217 g/mol. The first kappa shape index (κ1) is 12.1. The molecule has 0 radical (unpaired) electrons. The molecule has 0 spiro atoms. The zero-order chi connectivity index (χ0) is 12.3. The molecule has 1 unspecified atom stereocenters. The van der Waals surface area contributed by atoms with Crippen molar-refractivity contribution in [2.24, 2.45) is 0 Å². The smallest absolute Gasteiger partial charge is 0.132 e. The van der Waals surface area contributed by atoms with E-state index >= 15 is 0 Å². The van der Waals surface area contributed by atoms with Crippen LogP contribution in [0.25, 0.3) is 0 Å². The van der Waals surface area contributed by atoms with Crippen LogP contribution in [0.4, 0.5) is 4.39 Å². The van der Waals surface area contributed by atoms with Crippen LogP contribution in [0.1, 0.15) is 30.9 Å². The van der Waals surface area contributed by atoms with E-state index in [0.29, 0.717) is 11.3 Å². The monoisotopic (exact) mass is 235 g/mol. The van der Waals surface area contributed by atoms with Gasteiger partial charge in [0.15, 0.2) is 0 Å². The van der Waals surface area contributed by atoms with Crippen molar-refractivity contribution >= 4 is 0 Å². The number of likely N-dealkylation sites (N-methyl/N-ethyl adjacent to an activating group) is 1. The van der Waals surface area contributed by atoms with Crippen molar-refractivity contribution in [2.45, 2.75) is 25.3 Å². The highest BCUT2D eigenvalue weighted by atomic mass is 19.1. The summed E-state index contributed by atoms with van der Waals surface area (Å²) in [6, 6.07) is 4.89. The molecule has 1 aromatic carbocycles. The number of benzene rings is 1. The second-order valence-electron chi connectivity index (χ2n) is 4.25. The van der Waals surface area contributed by atoms with E-state index in [1.807, 2.05) is 7.05 Å². The highest BCUT2D eigenvalue weighted by molar-refractivity contribution is 5.41. The van der Waals surface area contributed by atoms with Crippen LogP contribution in [0.3, 0.4) is 0 Å². The van der Waals surface area contributed by atoms with Crippen LogP contribution in [0.5, 0.6) is 5.75 Å². The van der Waals surface area contributed by atoms with Crippen molar-refractivity contribution in [3.8, 4) is 5.75 Å². The van der Waals surface area contributed by atoms with Crippen molar-refractivity contribution in [3.05, 3.63) is 41.2 Å². The Labute approximate surface area is 101 Å². The predicted octanol–water partition coefficient (Wildman–Crippen LogP) is 3.21. The molecule has 0 saturated carbocycles. The maximum Gasteiger partial charge on any atom is 0.132 e. The van der Waals surface area contributed by atoms with Gasteiger partial charge in [-0.15, -0.1) is 0 Å². The van der Waals surface area contributed by atoms with Crippen LogP contribution in [-0.2, 0) is 0 Å². The van der Waals surface area contributed by atoms with Gasteiger partial charge in [0, 0.05) is 0 Å². The van der Waals surface area contributed by atoms with Gasteiger partial charge in [-0.05, 0) is 38.4 Å². The summed E-state index contributed by atoms with van der Waals surface area (Å²) in [6.45, 7) is 0. The van der Waals surface area contributed by atoms with Gasteiger partial charge in [0.05, 0.1) is 18.7 Å². The van der Waals surface area contributed by atoms with E-state index in [0.717, 1.165) is 19.3 Å². The zero-order valence-corrected chi connectivity index (χ0v) is 10.3. The average Bonchev–Trinajstić information content (AvgIpc) is 2.86. The molecule has 0 bridgehead atoms. The fraction of sp³-hybridized carbons (Fsp3) is 0.429. The molecule has 1 atom stereocenters. The number of ether oxygens (including phenoxy) is 1. The molecule has 0 heterocycles. The normalized spacial score (nSPS) is 16.8. The molecule has 1 aliphatic carbocycles. The lowest BCUT2D eigenvalue weighted by Crippen LogP contribution is -2.20. The first-order valence-corrected chi connectivity index (χ1v) is 5.96. The third-order valence-corrected chi connectivity index (χ3v) is 3.26. The van der Waals surface area contributed by atoms with E-state index in [4.69, 9.17) is 4.74 Å². The van der Waals surface area contributed by atoms with Crippen molar-refractivity contribution in [2.75, 3.05) is 14.2 Å². The van der Waals surface area contributed by atoms with E-state index < -0.39 is 0 Å². The molecule has 3 heteroatoms. The predicted molar refractivity (Wildman–Crippen MR) is 66.7 cm³/mol. The summed E-state index contributed by atoms with van der Waals surface area (Å²) in [5.74, 6) is 0.397. The lowest BCUT2D eigenvalue weighted by Gasteiger charge is -2.21. The fourth-order valence-corrected chi connectivity index (χ4v) is 2.45. The summed E-state index contributed by atoms with van der Waals surface area (Å²) in [5.41, 5.74) is 1.88. The van der Waals surface area contributed by atoms with Crippen molar-refractivity contribution < 1.29 is 9.13 Å². The van der Waals surface area contributed by atoms with Crippen molar-refractivity contribution in [1.29, 1.82) is 0 Å². The molecule has 1 aromatic rings. The summed E-state index contributed by atoms with van der Waals surface area (Å²) < 4.78 is 19.2. The Hall–Kier alpha value is -1.35. The van der Waals surface area contributed by atoms with Gasteiger partial charge in [-0.3, -0.25) is 0 Å². The molecule has 1 N–H and O–H groups in total. The molecule has 1 aliphatic rings. The zero-order valence-electron chi connectivity index (χ0n) is 10.3. The Bertz CT molecular complexity index is 428. The third kappa shape index (κ3) is 2.34. The Morgan fingerprint density at radius 2 is 2.24 bits per heavy atom. The largest absolute Gasteiger partial charge is 0.496 e. The minimum absolute atomic E-state index is 0.0753. The Balaban J connectivity index is 2.42. The van der Waals surface area contributed by atoms with E-state index in [-0.39, 0.29) is 11.9 Å². The summed E-state index contributed by atoms with van der Waals surface area (Å²) in [5, 5.41) is 3.19. The molecule has 0 fully saturated rings. The molecule has 0 saturated heterocycles. The first-order chi connectivity index (χ1) is 8.27. The lowest BCUT2D eigenvalue weighted by atomic mass is 9.97. The highest BCUT2D eigenvalue weighted by Crippen LogP contribution is 2.36. The molecular formula is C14H18FNO. The maximum atomic E-state index is 14.0. The molecule has 0 amide bonds. The van der Waals surface area contributed by atoms with Gasteiger partial charge in [-0.2, -0.15) is 0 Å². The number of nitrogens with one attached hydrogen (secondary N) is 1. The Morgan fingerprint density at radius 1 is 1.41 bits per heavy atom. The molecule has 0 aromatic heterocycles. The second kappa shape index (κ2) is 5.32. The SMILES string of the molecule is CNC(C1=CCCC1)c1c(F)cccc1OC. The van der Waals surface area contributed by atoms with Crippen molar-refractivity contribution in [3.63, 3.8) is 0 Å². The maximum absolute atomic E-state index is 14.0. The number of hydrogen-bond donors (Lipinski definition) is 1. The van der Waals surface area contributed by atoms with E-state index in [9.17, 15) is 4.39 Å². The minimum atomic E-state index is -0.212. The van der Waals surface area contributed by atoms with Crippen LogP contribution >= 0.6 is 0 Å². The number of rotatable bonds is 4. The minimum Gasteiger partial charge on any atom is -0.496 e. The summed E-state index contributed by atoms with van der Waals surface area (Å²) in [6.07, 6.45) is 5.48. The van der Waals surface area contributed by atoms with Crippen LogP contribution in [0.2, 0.25) is 0 Å². The summed E-state index contributed by atoms with van der Waals surface area (Å²) in [4.78, 5) is 0. The van der Waals surface area contributed by atoms with Crippen LogP contribution in [0, 0.1) is 5.82 Å². The van der Waals surface area contributed by atoms with Gasteiger partial charge >= 0.3 is 0 Å². The van der Waals surface area contributed by atoms with Gasteiger partial charge in [0.25, 0.3) is 0 Å². The van der Waals surface area contributed by atoms with Gasteiger partial charge in [0.1, 0.15) is 11.6 Å². The average molecular weight is 235 g/mol. The first-order valence-electron chi connectivity index (χ1n) is 5.96. The third-order valence-electron chi connectivity index (χ3n) is 3.26. The van der Waals surface area contributed by atoms with E-state index in [1.54, 1.807) is 19.2 Å². The van der Waals surface area contributed by atoms with Crippen LogP contribution < -0.4 is 10.1 Å². The lowest BCUT2D eigenvalue weighted by molar-refractivity contribution is 0.397. The highest BCUT2D eigenvalue weighted by Gasteiger charge is 2.23. The molecule has 17 heavy (non-hydrogen) atoms. The van der Waals surface area contributed by atoms with E-state index in [1.165, 1.54) is 11.6 Å². The molecule has 2 rings (SSSR count). The van der Waals surface area contributed by atoms with Crippen LogP contribution in [0.15, 0.2) is 29.8 Å². The Morgan fingerprint density at radius 3 is 2.82 bits per heavy atom. The quantitative estimate of drug-likeness (QED) is 0.809. The van der Waals surface area contributed by atoms with Crippen LogP contribution in [-0.4, -0.2) is 14.2 Å². The molecule has 0 aliphatic heterocycles. The molecule has 2 nitrogen and oxygen atoms in total. The number of allylic oxidation sites excluding steroid dienone is 1. The number of hydrogen-bond acceptors (Lipinski definition) is 2. The van der Waals surface area contributed by atoms with Gasteiger partial charge < -0.3 is 10.1 Å². The Kier molecular flexibility index (Phi) is 3.79. The summed E-state index contributed by atoms with van der Waals surface area (Å²) >= 11 is 0. The molecule has 92 valence electrons. The van der Waals surface area contributed by atoms with E-state index in [2.05, 4.69) is 11.4 Å². The summed E-state index contributed by atoms with van der Waals surface area (Å²) in [7, 11) is 3.43. The topological polar surface area (TPSA) is 21.3 Å². The second-order valence-corrected chi connectivity index (χ2v) is 4.25.